The van der Waals surface area contributed by atoms with Crippen LogP contribution in [0.25, 0.3) is 11.0 Å². The number of rotatable bonds is 8. The Balaban J connectivity index is 1.84. The maximum Gasteiger partial charge on any atom is 0.239 e. The number of fused-ring (bicyclic) bond motifs is 1. The fourth-order valence-corrected chi connectivity index (χ4v) is 2.74. The van der Waals surface area contributed by atoms with Crippen LogP contribution in [0.2, 0.25) is 0 Å². The Bertz CT molecular complexity index is 714. The number of benzene rings is 1. The number of nitrogens with zero attached hydrogens (tertiary/aromatic N) is 1. The van der Waals surface area contributed by atoms with Gasteiger partial charge >= 0.3 is 0 Å². The van der Waals surface area contributed by atoms with Crippen molar-refractivity contribution in [2.24, 2.45) is 0 Å². The highest BCUT2D eigenvalue weighted by molar-refractivity contribution is 7.99. The van der Waals surface area contributed by atoms with E-state index in [1.54, 1.807) is 0 Å². The molecule has 0 radical (unpaired) electrons. The first kappa shape index (κ1) is 18.1. The number of hydrogen-bond acceptors (Lipinski definition) is 5. The number of carbonyl (C=O) groups is 2. The van der Waals surface area contributed by atoms with Gasteiger partial charge in [0.2, 0.25) is 11.8 Å². The standard InChI is InChI=1S/C16H22N4O3S/c1-4-23-11-5-6-12-13(7-11)20-16(19-12)24-9-15(22)17-8-14(21)18-10(2)3/h5-7,10H,4,8-9H2,1-3H3,(H,17,22)(H,18,21)(H,19,20). The van der Waals surface area contributed by atoms with Gasteiger partial charge in [-0.2, -0.15) is 0 Å². The Morgan fingerprint density at radius 2 is 2.12 bits per heavy atom. The van der Waals surface area contributed by atoms with E-state index in [0.29, 0.717) is 11.8 Å². The van der Waals surface area contributed by atoms with Gasteiger partial charge in [-0.05, 0) is 32.9 Å². The predicted octanol–water partition coefficient (Wildman–Crippen LogP) is 1.69. The van der Waals surface area contributed by atoms with E-state index in [0.717, 1.165) is 16.8 Å². The molecule has 1 aromatic heterocycles. The number of thioether (sulfide) groups is 1. The van der Waals surface area contributed by atoms with Crippen LogP contribution in [0.1, 0.15) is 20.8 Å². The molecule has 0 aliphatic carbocycles. The second-order valence-electron chi connectivity index (χ2n) is 5.44. The first-order valence-corrected chi connectivity index (χ1v) is 8.78. The minimum Gasteiger partial charge on any atom is -0.494 e. The molecule has 0 fully saturated rings. The second-order valence-corrected chi connectivity index (χ2v) is 6.41. The van der Waals surface area contributed by atoms with Gasteiger partial charge in [0.15, 0.2) is 5.16 Å². The van der Waals surface area contributed by atoms with Gasteiger partial charge in [0.1, 0.15) is 5.75 Å². The van der Waals surface area contributed by atoms with Crippen molar-refractivity contribution in [3.8, 4) is 5.75 Å². The minimum atomic E-state index is -0.214. The zero-order valence-corrected chi connectivity index (χ0v) is 14.8. The van der Waals surface area contributed by atoms with Gasteiger partial charge in [-0.1, -0.05) is 11.8 Å². The maximum absolute atomic E-state index is 11.8. The van der Waals surface area contributed by atoms with Crippen LogP contribution in [0.4, 0.5) is 0 Å². The molecule has 0 spiro atoms. The quantitative estimate of drug-likeness (QED) is 0.630. The molecular weight excluding hydrogens is 328 g/mol. The van der Waals surface area contributed by atoms with Gasteiger partial charge in [0.25, 0.3) is 0 Å². The highest BCUT2D eigenvalue weighted by Crippen LogP contribution is 2.23. The second kappa shape index (κ2) is 8.58. The van der Waals surface area contributed by atoms with Crippen LogP contribution < -0.4 is 15.4 Å². The van der Waals surface area contributed by atoms with E-state index >= 15 is 0 Å². The van der Waals surface area contributed by atoms with E-state index in [1.807, 2.05) is 39.0 Å². The molecule has 0 aliphatic rings. The molecule has 0 bridgehead atoms. The lowest BCUT2D eigenvalue weighted by atomic mass is 10.3. The summed E-state index contributed by atoms with van der Waals surface area (Å²) >= 11 is 1.29. The zero-order valence-electron chi connectivity index (χ0n) is 14.0. The highest BCUT2D eigenvalue weighted by Gasteiger charge is 2.09. The van der Waals surface area contributed by atoms with Crippen LogP contribution in [-0.2, 0) is 9.59 Å². The summed E-state index contributed by atoms with van der Waals surface area (Å²) in [5.41, 5.74) is 1.68. The molecule has 0 saturated heterocycles. The van der Waals surface area contributed by atoms with Crippen LogP contribution in [0, 0.1) is 0 Å². The smallest absolute Gasteiger partial charge is 0.239 e. The molecule has 2 rings (SSSR count). The first-order chi connectivity index (χ1) is 11.5. The van der Waals surface area contributed by atoms with E-state index in [4.69, 9.17) is 4.74 Å². The topological polar surface area (TPSA) is 96.1 Å². The third-order valence-corrected chi connectivity index (χ3v) is 3.85. The lowest BCUT2D eigenvalue weighted by Gasteiger charge is -2.08. The largest absolute Gasteiger partial charge is 0.494 e. The van der Waals surface area contributed by atoms with Crippen LogP contribution in [0.3, 0.4) is 0 Å². The van der Waals surface area contributed by atoms with Crippen molar-refractivity contribution >= 4 is 34.6 Å². The zero-order chi connectivity index (χ0) is 17.5. The summed E-state index contributed by atoms with van der Waals surface area (Å²) in [7, 11) is 0. The van der Waals surface area contributed by atoms with Gasteiger partial charge in [0.05, 0.1) is 29.9 Å². The van der Waals surface area contributed by atoms with Crippen LogP contribution in [-0.4, -0.2) is 46.7 Å². The highest BCUT2D eigenvalue weighted by atomic mass is 32.2. The molecule has 0 unspecified atom stereocenters. The Labute approximate surface area is 144 Å². The Kier molecular flexibility index (Phi) is 6.48. The molecule has 2 aromatic rings. The van der Waals surface area contributed by atoms with Crippen LogP contribution in [0.5, 0.6) is 5.75 Å². The number of nitrogens with one attached hydrogen (secondary N) is 3. The summed E-state index contributed by atoms with van der Waals surface area (Å²) in [5, 5.41) is 5.95. The van der Waals surface area contributed by atoms with Gasteiger partial charge in [-0.25, -0.2) is 4.98 Å². The van der Waals surface area contributed by atoms with Crippen LogP contribution >= 0.6 is 11.8 Å². The van der Waals surface area contributed by atoms with E-state index in [1.165, 1.54) is 11.8 Å². The van der Waals surface area contributed by atoms with E-state index < -0.39 is 0 Å². The van der Waals surface area contributed by atoms with Crippen molar-refractivity contribution in [2.45, 2.75) is 32.0 Å². The molecule has 1 heterocycles. The Hall–Kier alpha value is -2.22. The molecule has 0 aliphatic heterocycles. The number of aromatic nitrogens is 2. The Morgan fingerprint density at radius 3 is 2.83 bits per heavy atom. The van der Waals surface area contributed by atoms with E-state index in [2.05, 4.69) is 20.6 Å². The molecule has 24 heavy (non-hydrogen) atoms. The average Bonchev–Trinajstić information content (AvgIpc) is 2.93. The third kappa shape index (κ3) is 5.45. The van der Waals surface area contributed by atoms with Gasteiger partial charge in [-0.15, -0.1) is 0 Å². The van der Waals surface area contributed by atoms with Crippen molar-refractivity contribution in [3.05, 3.63) is 18.2 Å². The summed E-state index contributed by atoms with van der Waals surface area (Å²) in [6, 6.07) is 5.67. The van der Waals surface area contributed by atoms with Crippen LogP contribution in [0.15, 0.2) is 23.4 Å². The molecule has 130 valence electrons. The fourth-order valence-electron chi connectivity index (χ4n) is 2.03. The first-order valence-electron chi connectivity index (χ1n) is 7.79. The minimum absolute atomic E-state index is 0.0184. The van der Waals surface area contributed by atoms with Gasteiger partial charge in [0, 0.05) is 12.1 Å². The number of amides is 2. The number of ether oxygens (including phenoxy) is 1. The summed E-state index contributed by atoms with van der Waals surface area (Å²) in [6.07, 6.45) is 0. The van der Waals surface area contributed by atoms with E-state index in [-0.39, 0.29) is 30.2 Å². The molecule has 3 N–H and O–H groups in total. The molecular formula is C16H22N4O3S. The molecule has 8 heteroatoms. The molecule has 1 aromatic carbocycles. The van der Waals surface area contributed by atoms with E-state index in [9.17, 15) is 9.59 Å². The monoisotopic (exact) mass is 350 g/mol. The molecule has 2 amide bonds. The van der Waals surface area contributed by atoms with Crippen molar-refractivity contribution < 1.29 is 14.3 Å². The van der Waals surface area contributed by atoms with Crippen molar-refractivity contribution in [1.29, 1.82) is 0 Å². The number of imidazole rings is 1. The molecule has 7 nitrogen and oxygen atoms in total. The lowest BCUT2D eigenvalue weighted by Crippen LogP contribution is -2.40. The number of hydrogen-bond donors (Lipinski definition) is 3. The van der Waals surface area contributed by atoms with Gasteiger partial charge < -0.3 is 20.4 Å². The van der Waals surface area contributed by atoms with Gasteiger partial charge in [-0.3, -0.25) is 9.59 Å². The normalized spacial score (nSPS) is 10.8. The number of aromatic amines is 1. The fraction of sp³-hybridized carbons (Fsp3) is 0.438. The predicted molar refractivity (Wildman–Crippen MR) is 94.3 cm³/mol. The summed E-state index contributed by atoms with van der Waals surface area (Å²) in [5.74, 6) is 0.552. The summed E-state index contributed by atoms with van der Waals surface area (Å²) < 4.78 is 5.45. The van der Waals surface area contributed by atoms with Crippen molar-refractivity contribution in [2.75, 3.05) is 18.9 Å². The molecule has 0 atom stereocenters. The third-order valence-electron chi connectivity index (χ3n) is 2.98. The SMILES string of the molecule is CCOc1ccc2nc(SCC(=O)NCC(=O)NC(C)C)[nH]c2c1. The summed E-state index contributed by atoms with van der Waals surface area (Å²) in [4.78, 5) is 30.8. The molecule has 0 saturated carbocycles. The average molecular weight is 350 g/mol. The van der Waals surface area contributed by atoms with Crippen molar-refractivity contribution in [1.82, 2.24) is 20.6 Å². The number of H-pyrrole nitrogens is 1. The Morgan fingerprint density at radius 1 is 1.33 bits per heavy atom. The maximum atomic E-state index is 11.8. The lowest BCUT2D eigenvalue weighted by molar-refractivity contribution is -0.125. The summed E-state index contributed by atoms with van der Waals surface area (Å²) in [6.45, 7) is 6.25. The van der Waals surface area contributed by atoms with Crippen molar-refractivity contribution in [3.63, 3.8) is 0 Å². The number of carbonyl (C=O) groups excluding carboxylic acids is 2.